The fourth-order valence-electron chi connectivity index (χ4n) is 1.70. The average molecular weight is 209 g/mol. The maximum absolute atomic E-state index is 12.9. The van der Waals surface area contributed by atoms with E-state index >= 15 is 0 Å². The van der Waals surface area contributed by atoms with Gasteiger partial charge in [-0.1, -0.05) is 0 Å². The van der Waals surface area contributed by atoms with E-state index in [1.165, 1.54) is 6.07 Å². The summed E-state index contributed by atoms with van der Waals surface area (Å²) in [5.41, 5.74) is 0.785. The molecule has 1 fully saturated rings. The number of halogens is 1. The van der Waals surface area contributed by atoms with Crippen LogP contribution in [0.5, 0.6) is 0 Å². The fraction of sp³-hybridized carbons (Fsp3) is 0.455. The monoisotopic (exact) mass is 209 g/mol. The number of carbonyl (C=O) groups excluding carboxylic acids is 1. The quantitative estimate of drug-likeness (QED) is 0.713. The van der Waals surface area contributed by atoms with Crippen LogP contribution in [0, 0.1) is 11.7 Å². The van der Waals surface area contributed by atoms with Crippen molar-refractivity contribution in [2.75, 3.05) is 6.61 Å². The number of rotatable bonds is 3. The van der Waals surface area contributed by atoms with Gasteiger partial charge < -0.3 is 4.74 Å². The summed E-state index contributed by atoms with van der Waals surface area (Å²) < 4.78 is 17.7. The van der Waals surface area contributed by atoms with E-state index in [0.717, 1.165) is 18.2 Å². The van der Waals surface area contributed by atoms with Gasteiger partial charge in [-0.05, 0) is 30.9 Å². The van der Waals surface area contributed by atoms with E-state index in [1.807, 2.05) is 0 Å². The smallest absolute Gasteiger partial charge is 0.309 e. The number of aromatic nitrogens is 1. The molecular formula is C11H12FNO2. The van der Waals surface area contributed by atoms with Gasteiger partial charge in [-0.25, -0.2) is 4.39 Å². The third-order valence-corrected chi connectivity index (χ3v) is 2.53. The van der Waals surface area contributed by atoms with Crippen LogP contribution in [0.25, 0.3) is 0 Å². The van der Waals surface area contributed by atoms with Crippen LogP contribution in [0.3, 0.4) is 0 Å². The second kappa shape index (κ2) is 3.96. The maximum atomic E-state index is 12.9. The molecule has 15 heavy (non-hydrogen) atoms. The number of hydrogen-bond donors (Lipinski definition) is 0. The topological polar surface area (TPSA) is 39.2 Å². The van der Waals surface area contributed by atoms with Crippen molar-refractivity contribution in [2.24, 2.45) is 5.92 Å². The van der Waals surface area contributed by atoms with Crippen molar-refractivity contribution in [2.45, 2.75) is 19.3 Å². The Hall–Kier alpha value is -1.45. The maximum Gasteiger partial charge on any atom is 0.309 e. The van der Waals surface area contributed by atoms with Crippen molar-refractivity contribution in [3.63, 3.8) is 0 Å². The summed E-state index contributed by atoms with van der Waals surface area (Å²) in [5.74, 6) is -0.561. The number of ether oxygens (including phenoxy) is 1. The van der Waals surface area contributed by atoms with Crippen LogP contribution in [0.4, 0.5) is 4.39 Å². The Kier molecular flexibility index (Phi) is 2.66. The van der Waals surface area contributed by atoms with Gasteiger partial charge in [0.1, 0.15) is 5.82 Å². The molecule has 0 amide bonds. The van der Waals surface area contributed by atoms with Gasteiger partial charge in [0.05, 0.1) is 18.7 Å². The SMILES string of the molecule is CCOC(=O)[C@@H]1C[C@H]1c1cncc(F)c1. The first kappa shape index (κ1) is 10.1. The molecular weight excluding hydrogens is 197 g/mol. The van der Waals surface area contributed by atoms with Crippen LogP contribution in [0.15, 0.2) is 18.5 Å². The molecule has 0 unspecified atom stereocenters. The lowest BCUT2D eigenvalue weighted by atomic mass is 10.1. The Bertz CT molecular complexity index is 381. The zero-order chi connectivity index (χ0) is 10.8. The number of nitrogens with zero attached hydrogens (tertiary/aromatic N) is 1. The second-order valence-corrected chi connectivity index (χ2v) is 3.64. The summed E-state index contributed by atoms with van der Waals surface area (Å²) in [6.07, 6.45) is 3.50. The molecule has 0 aliphatic heterocycles. The minimum Gasteiger partial charge on any atom is -0.466 e. The third-order valence-electron chi connectivity index (χ3n) is 2.53. The molecule has 1 aliphatic carbocycles. The molecule has 1 saturated carbocycles. The van der Waals surface area contributed by atoms with E-state index in [4.69, 9.17) is 4.74 Å². The second-order valence-electron chi connectivity index (χ2n) is 3.64. The molecule has 4 heteroatoms. The summed E-state index contributed by atoms with van der Waals surface area (Å²) in [4.78, 5) is 15.1. The largest absolute Gasteiger partial charge is 0.466 e. The molecule has 2 rings (SSSR count). The lowest BCUT2D eigenvalue weighted by Gasteiger charge is -2.00. The molecule has 0 saturated heterocycles. The lowest BCUT2D eigenvalue weighted by Crippen LogP contribution is -2.07. The molecule has 1 aromatic heterocycles. The molecule has 1 aliphatic rings. The molecule has 80 valence electrons. The summed E-state index contributed by atoms with van der Waals surface area (Å²) in [5, 5.41) is 0. The third kappa shape index (κ3) is 2.14. The molecule has 0 bridgehead atoms. The van der Waals surface area contributed by atoms with Crippen molar-refractivity contribution in [3.05, 3.63) is 29.8 Å². The zero-order valence-corrected chi connectivity index (χ0v) is 8.44. The van der Waals surface area contributed by atoms with Crippen LogP contribution < -0.4 is 0 Å². The number of carbonyl (C=O) groups is 1. The molecule has 0 radical (unpaired) electrons. The predicted molar refractivity (Wildman–Crippen MR) is 51.7 cm³/mol. The van der Waals surface area contributed by atoms with Gasteiger partial charge in [-0.15, -0.1) is 0 Å². The Morgan fingerprint density at radius 3 is 3.13 bits per heavy atom. The zero-order valence-electron chi connectivity index (χ0n) is 8.44. The van der Waals surface area contributed by atoms with Crippen molar-refractivity contribution in [3.8, 4) is 0 Å². The predicted octanol–water partition coefficient (Wildman–Crippen LogP) is 1.89. The normalized spacial score (nSPS) is 23.6. The summed E-state index contributed by atoms with van der Waals surface area (Å²) in [6.45, 7) is 2.17. The minimum atomic E-state index is -0.359. The van der Waals surface area contributed by atoms with E-state index in [0.29, 0.717) is 6.61 Å². The molecule has 1 aromatic rings. The van der Waals surface area contributed by atoms with Gasteiger partial charge >= 0.3 is 5.97 Å². The van der Waals surface area contributed by atoms with Gasteiger partial charge in [0.15, 0.2) is 0 Å². The van der Waals surface area contributed by atoms with Crippen LogP contribution in [-0.4, -0.2) is 17.6 Å². The molecule has 0 N–H and O–H groups in total. The molecule has 3 nitrogen and oxygen atoms in total. The van der Waals surface area contributed by atoms with E-state index < -0.39 is 0 Å². The lowest BCUT2D eigenvalue weighted by molar-refractivity contribution is -0.144. The van der Waals surface area contributed by atoms with E-state index in [-0.39, 0.29) is 23.6 Å². The highest BCUT2D eigenvalue weighted by Crippen LogP contribution is 2.47. The van der Waals surface area contributed by atoms with Gasteiger partial charge in [0.2, 0.25) is 0 Å². The van der Waals surface area contributed by atoms with E-state index in [2.05, 4.69) is 4.98 Å². The van der Waals surface area contributed by atoms with Gasteiger partial charge in [0.25, 0.3) is 0 Å². The highest BCUT2D eigenvalue weighted by atomic mass is 19.1. The molecule has 0 spiro atoms. The molecule has 1 heterocycles. The van der Waals surface area contributed by atoms with Crippen molar-refractivity contribution in [1.82, 2.24) is 4.98 Å². The Morgan fingerprint density at radius 2 is 2.47 bits per heavy atom. The summed E-state index contributed by atoms with van der Waals surface area (Å²) in [7, 11) is 0. The molecule has 0 aromatic carbocycles. The minimum absolute atomic E-state index is 0.0900. The average Bonchev–Trinajstić information content (AvgIpc) is 2.97. The Labute approximate surface area is 87.3 Å². The highest BCUT2D eigenvalue weighted by molar-refractivity contribution is 5.77. The van der Waals surface area contributed by atoms with Gasteiger partial charge in [-0.3, -0.25) is 9.78 Å². The number of hydrogen-bond acceptors (Lipinski definition) is 3. The molecule has 2 atom stereocenters. The van der Waals surface area contributed by atoms with Crippen LogP contribution in [-0.2, 0) is 9.53 Å². The fourth-order valence-corrected chi connectivity index (χ4v) is 1.70. The number of pyridine rings is 1. The van der Waals surface area contributed by atoms with E-state index in [1.54, 1.807) is 13.1 Å². The summed E-state index contributed by atoms with van der Waals surface area (Å²) >= 11 is 0. The first-order valence-electron chi connectivity index (χ1n) is 4.99. The number of esters is 1. The highest BCUT2D eigenvalue weighted by Gasteiger charge is 2.45. The van der Waals surface area contributed by atoms with Crippen LogP contribution >= 0.6 is 0 Å². The van der Waals surface area contributed by atoms with Crippen molar-refractivity contribution >= 4 is 5.97 Å². The van der Waals surface area contributed by atoms with Crippen LogP contribution in [0.1, 0.15) is 24.8 Å². The van der Waals surface area contributed by atoms with Gasteiger partial charge in [-0.2, -0.15) is 0 Å². The van der Waals surface area contributed by atoms with Crippen LogP contribution in [0.2, 0.25) is 0 Å². The summed E-state index contributed by atoms with van der Waals surface area (Å²) in [6, 6.07) is 1.43. The van der Waals surface area contributed by atoms with Crippen molar-refractivity contribution in [1.29, 1.82) is 0 Å². The Balaban J connectivity index is 2.01. The first-order valence-corrected chi connectivity index (χ1v) is 4.99. The van der Waals surface area contributed by atoms with Crippen molar-refractivity contribution < 1.29 is 13.9 Å². The first-order chi connectivity index (χ1) is 7.22. The van der Waals surface area contributed by atoms with E-state index in [9.17, 15) is 9.18 Å². The van der Waals surface area contributed by atoms with Gasteiger partial charge in [0, 0.05) is 6.20 Å². The Morgan fingerprint density at radius 1 is 1.67 bits per heavy atom. The standard InChI is InChI=1S/C11H12FNO2/c1-2-15-11(14)10-4-9(10)7-3-8(12)6-13-5-7/h3,5-6,9-10H,2,4H2,1H3/t9-,10+/m0/s1.